The predicted octanol–water partition coefficient (Wildman–Crippen LogP) is 1.93. The van der Waals surface area contributed by atoms with Gasteiger partial charge in [0, 0.05) is 13.2 Å². The van der Waals surface area contributed by atoms with E-state index in [1.54, 1.807) is 7.11 Å². The molecule has 18 heavy (non-hydrogen) atoms. The molecule has 0 bridgehead atoms. The Morgan fingerprint density at radius 2 is 2.17 bits per heavy atom. The number of ether oxygens (including phenoxy) is 1. The number of likely N-dealkylation sites (N-methyl/N-ethyl adjacent to an activating group) is 1. The first-order chi connectivity index (χ1) is 8.76. The van der Waals surface area contributed by atoms with Crippen LogP contribution in [-0.4, -0.2) is 23.7 Å². The van der Waals surface area contributed by atoms with Crippen LogP contribution in [0.15, 0.2) is 36.8 Å². The largest absolute Gasteiger partial charge is 0.496 e. The summed E-state index contributed by atoms with van der Waals surface area (Å²) in [7, 11) is 5.68. The molecule has 1 aromatic carbocycles. The lowest BCUT2D eigenvalue weighted by Crippen LogP contribution is -2.21. The third kappa shape index (κ3) is 2.54. The average Bonchev–Trinajstić information content (AvgIpc) is 2.82. The van der Waals surface area contributed by atoms with Gasteiger partial charge in [0.2, 0.25) is 0 Å². The predicted molar refractivity (Wildman–Crippen MR) is 71.7 cm³/mol. The number of para-hydroxylation sites is 1. The van der Waals surface area contributed by atoms with Gasteiger partial charge in [-0.2, -0.15) is 0 Å². The molecule has 0 saturated heterocycles. The SMILES string of the molecule is CNC(Cc1ccccc1OC)c1cncn1C. The van der Waals surface area contributed by atoms with Crippen LogP contribution in [0.5, 0.6) is 5.75 Å². The molecule has 0 spiro atoms. The summed E-state index contributed by atoms with van der Waals surface area (Å²) in [5, 5.41) is 3.33. The zero-order valence-corrected chi connectivity index (χ0v) is 11.1. The van der Waals surface area contributed by atoms with E-state index in [-0.39, 0.29) is 6.04 Å². The number of aromatic nitrogens is 2. The number of rotatable bonds is 5. The molecule has 0 amide bonds. The Morgan fingerprint density at radius 3 is 2.78 bits per heavy atom. The number of benzene rings is 1. The van der Waals surface area contributed by atoms with Crippen molar-refractivity contribution in [2.24, 2.45) is 7.05 Å². The van der Waals surface area contributed by atoms with Crippen LogP contribution in [0.25, 0.3) is 0 Å². The highest BCUT2D eigenvalue weighted by atomic mass is 16.5. The zero-order chi connectivity index (χ0) is 13.0. The number of nitrogens with one attached hydrogen (secondary N) is 1. The molecule has 1 unspecified atom stereocenters. The number of aryl methyl sites for hydroxylation is 1. The lowest BCUT2D eigenvalue weighted by Gasteiger charge is -2.18. The molecule has 1 heterocycles. The monoisotopic (exact) mass is 245 g/mol. The van der Waals surface area contributed by atoms with Gasteiger partial charge in [-0.25, -0.2) is 4.98 Å². The summed E-state index contributed by atoms with van der Waals surface area (Å²) in [6.45, 7) is 0. The lowest BCUT2D eigenvalue weighted by atomic mass is 10.0. The standard InChI is InChI=1S/C14H19N3O/c1-15-12(13-9-16-10-17(13)2)8-11-6-4-5-7-14(11)18-3/h4-7,9-10,12,15H,8H2,1-3H3. The molecule has 0 aliphatic heterocycles. The third-order valence-corrected chi connectivity index (χ3v) is 3.18. The molecule has 0 fully saturated rings. The third-order valence-electron chi connectivity index (χ3n) is 3.18. The van der Waals surface area contributed by atoms with E-state index in [9.17, 15) is 0 Å². The van der Waals surface area contributed by atoms with Gasteiger partial charge in [-0.05, 0) is 25.1 Å². The van der Waals surface area contributed by atoms with Gasteiger partial charge in [0.1, 0.15) is 5.75 Å². The van der Waals surface area contributed by atoms with Crippen molar-refractivity contribution in [1.82, 2.24) is 14.9 Å². The quantitative estimate of drug-likeness (QED) is 0.875. The second kappa shape index (κ2) is 5.69. The fourth-order valence-electron chi connectivity index (χ4n) is 2.15. The van der Waals surface area contributed by atoms with E-state index in [2.05, 4.69) is 16.4 Å². The number of hydrogen-bond acceptors (Lipinski definition) is 3. The average molecular weight is 245 g/mol. The molecule has 2 aromatic rings. The van der Waals surface area contributed by atoms with Crippen molar-refractivity contribution >= 4 is 0 Å². The summed E-state index contributed by atoms with van der Waals surface area (Å²) in [5.74, 6) is 0.930. The Morgan fingerprint density at radius 1 is 1.39 bits per heavy atom. The van der Waals surface area contributed by atoms with Crippen molar-refractivity contribution in [3.05, 3.63) is 48.0 Å². The number of nitrogens with zero attached hydrogens (tertiary/aromatic N) is 2. The molecule has 4 nitrogen and oxygen atoms in total. The van der Waals surface area contributed by atoms with E-state index < -0.39 is 0 Å². The first kappa shape index (κ1) is 12.6. The van der Waals surface area contributed by atoms with Crippen molar-refractivity contribution < 1.29 is 4.74 Å². The molecule has 4 heteroatoms. The van der Waals surface area contributed by atoms with Crippen molar-refractivity contribution in [3.8, 4) is 5.75 Å². The van der Waals surface area contributed by atoms with E-state index in [1.807, 2.05) is 49.4 Å². The highest BCUT2D eigenvalue weighted by Crippen LogP contribution is 2.24. The maximum atomic E-state index is 5.39. The van der Waals surface area contributed by atoms with Gasteiger partial charge in [-0.1, -0.05) is 18.2 Å². The minimum Gasteiger partial charge on any atom is -0.496 e. The summed E-state index contributed by atoms with van der Waals surface area (Å²) >= 11 is 0. The lowest BCUT2D eigenvalue weighted by molar-refractivity contribution is 0.406. The smallest absolute Gasteiger partial charge is 0.122 e. The molecule has 0 saturated carbocycles. The van der Waals surface area contributed by atoms with Gasteiger partial charge in [0.05, 0.1) is 25.2 Å². The maximum absolute atomic E-state index is 5.39. The number of imidazole rings is 1. The highest BCUT2D eigenvalue weighted by Gasteiger charge is 2.15. The first-order valence-electron chi connectivity index (χ1n) is 6.01. The second-order valence-electron chi connectivity index (χ2n) is 4.29. The van der Waals surface area contributed by atoms with E-state index >= 15 is 0 Å². The zero-order valence-electron chi connectivity index (χ0n) is 11.1. The Labute approximate surface area is 108 Å². The van der Waals surface area contributed by atoms with E-state index in [1.165, 1.54) is 11.3 Å². The summed E-state index contributed by atoms with van der Waals surface area (Å²) < 4.78 is 7.43. The molecule has 1 atom stereocenters. The van der Waals surface area contributed by atoms with Crippen molar-refractivity contribution in [1.29, 1.82) is 0 Å². The van der Waals surface area contributed by atoms with Gasteiger partial charge in [0.25, 0.3) is 0 Å². The van der Waals surface area contributed by atoms with Crippen LogP contribution in [0.2, 0.25) is 0 Å². The number of methoxy groups -OCH3 is 1. The van der Waals surface area contributed by atoms with Crippen LogP contribution in [-0.2, 0) is 13.5 Å². The molecule has 96 valence electrons. The van der Waals surface area contributed by atoms with Crippen LogP contribution in [0.1, 0.15) is 17.3 Å². The van der Waals surface area contributed by atoms with E-state index in [0.717, 1.165) is 12.2 Å². The second-order valence-corrected chi connectivity index (χ2v) is 4.29. The Kier molecular flexibility index (Phi) is 3.99. The van der Waals surface area contributed by atoms with Crippen LogP contribution < -0.4 is 10.1 Å². The first-order valence-corrected chi connectivity index (χ1v) is 6.01. The Hall–Kier alpha value is -1.81. The summed E-state index contributed by atoms with van der Waals surface area (Å²) in [5.41, 5.74) is 2.36. The molecular weight excluding hydrogens is 226 g/mol. The molecule has 2 rings (SSSR count). The fraction of sp³-hybridized carbons (Fsp3) is 0.357. The Balaban J connectivity index is 2.23. The molecule has 1 aromatic heterocycles. The summed E-state index contributed by atoms with van der Waals surface area (Å²) in [6, 6.07) is 8.34. The molecule has 0 radical (unpaired) electrons. The minimum absolute atomic E-state index is 0.230. The van der Waals surface area contributed by atoms with E-state index in [4.69, 9.17) is 4.74 Å². The summed E-state index contributed by atoms with van der Waals surface area (Å²) in [6.07, 6.45) is 4.60. The van der Waals surface area contributed by atoms with Gasteiger partial charge < -0.3 is 14.6 Å². The molecule has 0 aliphatic rings. The highest BCUT2D eigenvalue weighted by molar-refractivity contribution is 5.34. The van der Waals surface area contributed by atoms with Crippen molar-refractivity contribution in [2.45, 2.75) is 12.5 Å². The minimum atomic E-state index is 0.230. The Bertz CT molecular complexity index is 507. The number of hydrogen-bond donors (Lipinski definition) is 1. The van der Waals surface area contributed by atoms with Crippen molar-refractivity contribution in [3.63, 3.8) is 0 Å². The molecule has 1 N–H and O–H groups in total. The van der Waals surface area contributed by atoms with Crippen LogP contribution in [0, 0.1) is 0 Å². The van der Waals surface area contributed by atoms with Crippen molar-refractivity contribution in [2.75, 3.05) is 14.2 Å². The maximum Gasteiger partial charge on any atom is 0.122 e. The van der Waals surface area contributed by atoms with E-state index in [0.29, 0.717) is 0 Å². The topological polar surface area (TPSA) is 39.1 Å². The van der Waals surface area contributed by atoms with Crippen LogP contribution >= 0.6 is 0 Å². The van der Waals surface area contributed by atoms with Gasteiger partial charge in [-0.15, -0.1) is 0 Å². The molecule has 0 aliphatic carbocycles. The fourth-order valence-corrected chi connectivity index (χ4v) is 2.15. The normalized spacial score (nSPS) is 12.4. The molecular formula is C14H19N3O. The van der Waals surface area contributed by atoms with Gasteiger partial charge in [0.15, 0.2) is 0 Å². The van der Waals surface area contributed by atoms with Crippen LogP contribution in [0.4, 0.5) is 0 Å². The van der Waals surface area contributed by atoms with Crippen LogP contribution in [0.3, 0.4) is 0 Å². The van der Waals surface area contributed by atoms with Gasteiger partial charge >= 0.3 is 0 Å². The van der Waals surface area contributed by atoms with Gasteiger partial charge in [-0.3, -0.25) is 0 Å². The summed E-state index contributed by atoms with van der Waals surface area (Å²) in [4.78, 5) is 4.17.